The Morgan fingerprint density at radius 1 is 1.60 bits per heavy atom. The number of nitrogens with zero attached hydrogens (tertiary/aromatic N) is 1. The summed E-state index contributed by atoms with van der Waals surface area (Å²) in [5, 5.41) is 0. The number of hydrogen-bond acceptors (Lipinski definition) is 3. The standard InChI is InChI=1S/C10H18BNO2S/c1-7(6-15)10(14)12-4-2-3-8(12)9(13)5-11/h7-8,15H,2-6,11H2,1H3/t7-,8+/m1/s1. The van der Waals surface area contributed by atoms with E-state index in [1.807, 2.05) is 14.8 Å². The summed E-state index contributed by atoms with van der Waals surface area (Å²) in [6, 6.07) is -0.162. The molecule has 1 rings (SSSR count). The van der Waals surface area contributed by atoms with Gasteiger partial charge in [-0.3, -0.25) is 9.59 Å². The Morgan fingerprint density at radius 3 is 2.80 bits per heavy atom. The minimum absolute atomic E-state index is 0.0781. The van der Waals surface area contributed by atoms with Crippen LogP contribution in [-0.4, -0.2) is 42.8 Å². The van der Waals surface area contributed by atoms with Gasteiger partial charge in [-0.05, 0) is 19.2 Å². The first-order valence-electron chi connectivity index (χ1n) is 5.55. The highest BCUT2D eigenvalue weighted by molar-refractivity contribution is 7.80. The number of hydrogen-bond donors (Lipinski definition) is 1. The van der Waals surface area contributed by atoms with Crippen molar-refractivity contribution < 1.29 is 9.59 Å². The lowest BCUT2D eigenvalue weighted by Gasteiger charge is -2.25. The van der Waals surface area contributed by atoms with Gasteiger partial charge in [0, 0.05) is 18.2 Å². The van der Waals surface area contributed by atoms with Gasteiger partial charge in [0.1, 0.15) is 13.6 Å². The van der Waals surface area contributed by atoms with Crippen molar-refractivity contribution >= 4 is 32.2 Å². The van der Waals surface area contributed by atoms with E-state index in [1.165, 1.54) is 0 Å². The molecule has 1 saturated heterocycles. The molecule has 1 heterocycles. The molecule has 0 spiro atoms. The second-order valence-electron chi connectivity index (χ2n) is 4.09. The van der Waals surface area contributed by atoms with Crippen molar-refractivity contribution in [1.29, 1.82) is 0 Å². The molecule has 0 saturated carbocycles. The van der Waals surface area contributed by atoms with E-state index in [2.05, 4.69) is 12.6 Å². The zero-order valence-corrected chi connectivity index (χ0v) is 10.3. The molecule has 84 valence electrons. The minimum atomic E-state index is -0.162. The largest absolute Gasteiger partial charge is 0.332 e. The molecule has 1 aliphatic rings. The van der Waals surface area contributed by atoms with Crippen LogP contribution in [0.1, 0.15) is 19.8 Å². The molecule has 0 aromatic carbocycles. The Morgan fingerprint density at radius 2 is 2.27 bits per heavy atom. The molecule has 0 unspecified atom stereocenters. The first-order valence-corrected chi connectivity index (χ1v) is 6.19. The summed E-state index contributed by atoms with van der Waals surface area (Å²) < 4.78 is 0. The maximum absolute atomic E-state index is 11.9. The molecule has 0 aliphatic carbocycles. The van der Waals surface area contributed by atoms with E-state index in [1.54, 1.807) is 4.90 Å². The maximum atomic E-state index is 11.9. The van der Waals surface area contributed by atoms with Crippen LogP contribution in [0, 0.1) is 5.92 Å². The molecule has 2 atom stereocenters. The van der Waals surface area contributed by atoms with Crippen molar-refractivity contribution in [2.24, 2.45) is 5.92 Å². The Kier molecular flexibility index (Phi) is 4.70. The summed E-state index contributed by atoms with van der Waals surface area (Å²) >= 11 is 4.12. The van der Waals surface area contributed by atoms with Gasteiger partial charge in [-0.2, -0.15) is 12.6 Å². The predicted molar refractivity (Wildman–Crippen MR) is 66.1 cm³/mol. The van der Waals surface area contributed by atoms with Crippen LogP contribution in [0.2, 0.25) is 6.32 Å². The van der Waals surface area contributed by atoms with Gasteiger partial charge in [0.15, 0.2) is 0 Å². The van der Waals surface area contributed by atoms with Crippen LogP contribution in [0.15, 0.2) is 0 Å². The number of Topliss-reactive ketones (excluding diaryl/α,β-unsaturated/α-hetero) is 1. The molecular weight excluding hydrogens is 209 g/mol. The molecule has 0 bridgehead atoms. The van der Waals surface area contributed by atoms with E-state index in [0.717, 1.165) is 19.4 Å². The van der Waals surface area contributed by atoms with E-state index >= 15 is 0 Å². The van der Waals surface area contributed by atoms with Crippen LogP contribution in [0.25, 0.3) is 0 Å². The summed E-state index contributed by atoms with van der Waals surface area (Å²) in [6.45, 7) is 2.59. The predicted octanol–water partition coefficient (Wildman–Crippen LogP) is 0.164. The lowest BCUT2D eigenvalue weighted by Crippen LogP contribution is -2.43. The number of rotatable bonds is 4. The van der Waals surface area contributed by atoms with Gasteiger partial charge in [0.25, 0.3) is 0 Å². The molecule has 3 nitrogen and oxygen atoms in total. The summed E-state index contributed by atoms with van der Waals surface area (Å²) in [4.78, 5) is 25.3. The highest BCUT2D eigenvalue weighted by atomic mass is 32.1. The van der Waals surface area contributed by atoms with Crippen LogP contribution in [0.5, 0.6) is 0 Å². The van der Waals surface area contributed by atoms with Crippen molar-refractivity contribution in [3.05, 3.63) is 0 Å². The lowest BCUT2D eigenvalue weighted by molar-refractivity contribution is -0.139. The summed E-state index contributed by atoms with van der Waals surface area (Å²) in [5.41, 5.74) is 0. The maximum Gasteiger partial charge on any atom is 0.226 e. The van der Waals surface area contributed by atoms with Crippen LogP contribution in [-0.2, 0) is 9.59 Å². The fourth-order valence-electron chi connectivity index (χ4n) is 1.96. The summed E-state index contributed by atoms with van der Waals surface area (Å²) in [6.07, 6.45) is 2.29. The lowest BCUT2D eigenvalue weighted by atomic mass is 9.94. The topological polar surface area (TPSA) is 37.4 Å². The first-order chi connectivity index (χ1) is 7.11. The fraction of sp³-hybridized carbons (Fsp3) is 0.800. The second kappa shape index (κ2) is 5.59. The van der Waals surface area contributed by atoms with Gasteiger partial charge in [0.2, 0.25) is 5.91 Å². The molecule has 1 fully saturated rings. The van der Waals surface area contributed by atoms with Gasteiger partial charge < -0.3 is 4.90 Å². The number of carbonyl (C=O) groups excluding carboxylic acids is 2. The second-order valence-corrected chi connectivity index (χ2v) is 4.46. The van der Waals surface area contributed by atoms with Crippen LogP contribution >= 0.6 is 12.6 Å². The quantitative estimate of drug-likeness (QED) is 0.549. The van der Waals surface area contributed by atoms with Crippen LogP contribution in [0.3, 0.4) is 0 Å². The highest BCUT2D eigenvalue weighted by Gasteiger charge is 2.34. The Bertz CT molecular complexity index is 260. The molecule has 15 heavy (non-hydrogen) atoms. The molecule has 0 radical (unpaired) electrons. The van der Waals surface area contributed by atoms with Crippen molar-refractivity contribution in [2.45, 2.75) is 32.1 Å². The molecule has 0 aromatic rings. The fourth-order valence-corrected chi connectivity index (χ4v) is 2.12. The van der Waals surface area contributed by atoms with Crippen molar-refractivity contribution in [1.82, 2.24) is 4.90 Å². The molecule has 5 heteroatoms. The van der Waals surface area contributed by atoms with Gasteiger partial charge in [-0.15, -0.1) is 0 Å². The van der Waals surface area contributed by atoms with Gasteiger partial charge >= 0.3 is 0 Å². The Hall–Kier alpha value is -0.445. The number of likely N-dealkylation sites (tertiary alicyclic amines) is 1. The third-order valence-corrected chi connectivity index (χ3v) is 3.50. The van der Waals surface area contributed by atoms with Crippen molar-refractivity contribution in [3.63, 3.8) is 0 Å². The average molecular weight is 227 g/mol. The van der Waals surface area contributed by atoms with Gasteiger partial charge in [-0.25, -0.2) is 0 Å². The van der Waals surface area contributed by atoms with Crippen molar-refractivity contribution in [2.75, 3.05) is 12.3 Å². The zero-order chi connectivity index (χ0) is 11.4. The summed E-state index contributed by atoms with van der Waals surface area (Å²) in [7, 11) is 1.85. The van der Waals surface area contributed by atoms with E-state index in [-0.39, 0.29) is 23.7 Å². The number of ketones is 1. The molecular formula is C10H18BNO2S. The Balaban J connectivity index is 2.68. The SMILES string of the molecule is BCC(=O)[C@@H]1CCCN1C(=O)[C@H](C)CS. The average Bonchev–Trinajstić information content (AvgIpc) is 2.74. The van der Waals surface area contributed by atoms with Gasteiger partial charge in [-0.1, -0.05) is 6.92 Å². The summed E-state index contributed by atoms with van der Waals surface area (Å²) in [5.74, 6) is 0.725. The third kappa shape index (κ3) is 2.77. The van der Waals surface area contributed by atoms with Gasteiger partial charge in [0.05, 0.1) is 6.04 Å². The smallest absolute Gasteiger partial charge is 0.226 e. The zero-order valence-electron chi connectivity index (χ0n) is 9.40. The van der Waals surface area contributed by atoms with E-state index in [4.69, 9.17) is 0 Å². The van der Waals surface area contributed by atoms with Crippen LogP contribution in [0.4, 0.5) is 0 Å². The first kappa shape index (κ1) is 12.6. The molecule has 1 aliphatic heterocycles. The van der Waals surface area contributed by atoms with Crippen molar-refractivity contribution in [3.8, 4) is 0 Å². The molecule has 0 N–H and O–H groups in total. The Labute approximate surface area is 97.4 Å². The third-order valence-electron chi connectivity index (χ3n) is 2.95. The van der Waals surface area contributed by atoms with E-state index in [9.17, 15) is 9.59 Å². The molecule has 1 amide bonds. The van der Waals surface area contributed by atoms with Crippen LogP contribution < -0.4 is 0 Å². The number of carbonyl (C=O) groups is 2. The van der Waals surface area contributed by atoms with E-state index < -0.39 is 0 Å². The normalized spacial score (nSPS) is 22.8. The highest BCUT2D eigenvalue weighted by Crippen LogP contribution is 2.21. The number of amides is 1. The monoisotopic (exact) mass is 227 g/mol. The number of thiol groups is 1. The minimum Gasteiger partial charge on any atom is -0.332 e. The van der Waals surface area contributed by atoms with E-state index in [0.29, 0.717) is 12.1 Å². The molecule has 0 aromatic heterocycles.